The van der Waals surface area contributed by atoms with Gasteiger partial charge in [-0.15, -0.1) is 0 Å². The van der Waals surface area contributed by atoms with Gasteiger partial charge >= 0.3 is 0 Å². The van der Waals surface area contributed by atoms with Gasteiger partial charge in [0.25, 0.3) is 0 Å². The average molecular weight is 233 g/mol. The second-order valence-electron chi connectivity index (χ2n) is 3.56. The van der Waals surface area contributed by atoms with Crippen LogP contribution in [0.3, 0.4) is 0 Å². The molecule has 1 aromatic rings. The summed E-state index contributed by atoms with van der Waals surface area (Å²) < 4.78 is 0. The van der Waals surface area contributed by atoms with Crippen LogP contribution in [0.5, 0.6) is 0 Å². The fourth-order valence-electron chi connectivity index (χ4n) is 1.56. The fourth-order valence-corrected chi connectivity index (χ4v) is 2.56. The Morgan fingerprint density at radius 3 is 2.75 bits per heavy atom. The number of rotatable bonds is 2. The third-order valence-electron chi connectivity index (χ3n) is 2.38. The molecule has 0 aromatic heterocycles. The van der Waals surface area contributed by atoms with Crippen LogP contribution in [0.2, 0.25) is 0 Å². The molecule has 1 N–H and O–H groups in total. The standard InChI is InChI=1S/C12H11NO2S/c14-8-10-6-11(7-13-10)16-12(15)9-4-2-1-3-5-9/h1-5,11,13H,6-7H2. The van der Waals surface area contributed by atoms with E-state index in [1.807, 2.05) is 24.1 Å². The summed E-state index contributed by atoms with van der Waals surface area (Å²) in [4.78, 5) is 22.2. The topological polar surface area (TPSA) is 46.2 Å². The van der Waals surface area contributed by atoms with Crippen LogP contribution in [0.25, 0.3) is 0 Å². The third kappa shape index (κ3) is 2.54. The van der Waals surface area contributed by atoms with Gasteiger partial charge in [-0.3, -0.25) is 4.79 Å². The van der Waals surface area contributed by atoms with Gasteiger partial charge in [-0.2, -0.15) is 0 Å². The molecule has 1 fully saturated rings. The maximum atomic E-state index is 11.8. The Hall–Kier alpha value is -1.51. The van der Waals surface area contributed by atoms with Gasteiger partial charge in [-0.25, -0.2) is 4.79 Å². The fraction of sp³-hybridized carbons (Fsp3) is 0.250. The zero-order valence-electron chi connectivity index (χ0n) is 8.60. The second-order valence-corrected chi connectivity index (χ2v) is 4.83. The SMILES string of the molecule is O=C=C1CC(SC(=O)c2ccccc2)CN1. The molecule has 1 atom stereocenters. The first kappa shape index (κ1) is 11.0. The van der Waals surface area contributed by atoms with Crippen molar-refractivity contribution in [1.82, 2.24) is 5.32 Å². The van der Waals surface area contributed by atoms with Crippen LogP contribution in [0.1, 0.15) is 16.8 Å². The first-order valence-corrected chi connectivity index (χ1v) is 5.91. The lowest BCUT2D eigenvalue weighted by Crippen LogP contribution is -2.12. The highest BCUT2D eigenvalue weighted by molar-refractivity contribution is 8.14. The van der Waals surface area contributed by atoms with Crippen LogP contribution in [-0.2, 0) is 4.79 Å². The van der Waals surface area contributed by atoms with Gasteiger partial charge in [0, 0.05) is 23.8 Å². The monoisotopic (exact) mass is 233 g/mol. The van der Waals surface area contributed by atoms with Crippen molar-refractivity contribution >= 4 is 22.8 Å². The van der Waals surface area contributed by atoms with Crippen LogP contribution < -0.4 is 5.32 Å². The van der Waals surface area contributed by atoms with Crippen LogP contribution in [0.15, 0.2) is 36.0 Å². The minimum atomic E-state index is 0.0551. The molecule has 1 aliphatic heterocycles. The Morgan fingerprint density at radius 2 is 2.12 bits per heavy atom. The number of nitrogens with one attached hydrogen (secondary N) is 1. The zero-order valence-corrected chi connectivity index (χ0v) is 9.42. The van der Waals surface area contributed by atoms with Crippen LogP contribution in [0, 0.1) is 0 Å². The molecule has 16 heavy (non-hydrogen) atoms. The summed E-state index contributed by atoms with van der Waals surface area (Å²) in [5.41, 5.74) is 1.27. The molecule has 1 saturated heterocycles. The molecular formula is C12H11NO2S. The molecule has 4 heteroatoms. The van der Waals surface area contributed by atoms with Crippen molar-refractivity contribution in [1.29, 1.82) is 0 Å². The molecule has 0 amide bonds. The predicted molar refractivity (Wildman–Crippen MR) is 64.0 cm³/mol. The van der Waals surface area contributed by atoms with Crippen molar-refractivity contribution < 1.29 is 9.59 Å². The number of carbonyl (C=O) groups excluding carboxylic acids is 2. The molecular weight excluding hydrogens is 222 g/mol. The molecule has 0 radical (unpaired) electrons. The summed E-state index contributed by atoms with van der Waals surface area (Å²) in [7, 11) is 0. The lowest BCUT2D eigenvalue weighted by atomic mass is 10.2. The molecule has 0 spiro atoms. The van der Waals surface area contributed by atoms with E-state index in [0.29, 0.717) is 24.2 Å². The molecule has 1 aliphatic rings. The van der Waals surface area contributed by atoms with Crippen LogP contribution >= 0.6 is 11.8 Å². The first-order valence-electron chi connectivity index (χ1n) is 5.03. The summed E-state index contributed by atoms with van der Waals surface area (Å²) in [6.07, 6.45) is 0.604. The maximum Gasteiger partial charge on any atom is 0.219 e. The van der Waals surface area contributed by atoms with Crippen LogP contribution in [-0.4, -0.2) is 22.9 Å². The van der Waals surface area contributed by atoms with Gasteiger partial charge in [0.15, 0.2) is 0 Å². The largest absolute Gasteiger partial charge is 0.378 e. The van der Waals surface area contributed by atoms with Gasteiger partial charge in [0.2, 0.25) is 5.12 Å². The average Bonchev–Trinajstić information content (AvgIpc) is 2.78. The molecule has 82 valence electrons. The smallest absolute Gasteiger partial charge is 0.219 e. The van der Waals surface area contributed by atoms with E-state index in [0.717, 1.165) is 0 Å². The minimum absolute atomic E-state index is 0.0551. The summed E-state index contributed by atoms with van der Waals surface area (Å²) in [6.45, 7) is 0.661. The highest BCUT2D eigenvalue weighted by atomic mass is 32.2. The molecule has 1 aromatic carbocycles. The molecule has 0 aliphatic carbocycles. The Kier molecular flexibility index (Phi) is 3.44. The normalized spacial score (nSPS) is 19.0. The number of hydrogen-bond acceptors (Lipinski definition) is 4. The highest BCUT2D eigenvalue weighted by Gasteiger charge is 2.23. The van der Waals surface area contributed by atoms with Gasteiger partial charge in [-0.1, -0.05) is 42.1 Å². The Labute approximate surface area is 97.9 Å². The Morgan fingerprint density at radius 1 is 1.38 bits per heavy atom. The Balaban J connectivity index is 1.97. The predicted octanol–water partition coefficient (Wildman–Crippen LogP) is 1.64. The van der Waals surface area contributed by atoms with E-state index in [9.17, 15) is 9.59 Å². The number of hydrogen-bond donors (Lipinski definition) is 1. The van der Waals surface area contributed by atoms with Crippen molar-refractivity contribution in [3.8, 4) is 0 Å². The first-order chi connectivity index (χ1) is 7.79. The molecule has 1 unspecified atom stereocenters. The molecule has 0 bridgehead atoms. The third-order valence-corrected chi connectivity index (χ3v) is 3.50. The van der Waals surface area contributed by atoms with Crippen molar-refractivity contribution in [3.05, 3.63) is 41.6 Å². The van der Waals surface area contributed by atoms with E-state index in [1.165, 1.54) is 11.8 Å². The van der Waals surface area contributed by atoms with Gasteiger partial charge in [0.05, 0.1) is 5.70 Å². The summed E-state index contributed by atoms with van der Waals surface area (Å²) in [6, 6.07) is 9.17. The number of benzene rings is 1. The highest BCUT2D eigenvalue weighted by Crippen LogP contribution is 2.25. The van der Waals surface area contributed by atoms with Crippen molar-refractivity contribution in [2.45, 2.75) is 11.7 Å². The van der Waals surface area contributed by atoms with Gasteiger partial charge in [-0.05, 0) is 0 Å². The Bertz CT molecular complexity index is 438. The molecule has 0 saturated carbocycles. The number of thioether (sulfide) groups is 1. The van der Waals surface area contributed by atoms with E-state index in [4.69, 9.17) is 0 Å². The zero-order chi connectivity index (χ0) is 11.4. The van der Waals surface area contributed by atoms with E-state index in [-0.39, 0.29) is 10.4 Å². The van der Waals surface area contributed by atoms with Crippen molar-refractivity contribution in [3.63, 3.8) is 0 Å². The van der Waals surface area contributed by atoms with Gasteiger partial charge < -0.3 is 5.32 Å². The summed E-state index contributed by atoms with van der Waals surface area (Å²) in [5.74, 6) is 1.84. The maximum absolute atomic E-state index is 11.8. The van der Waals surface area contributed by atoms with E-state index in [2.05, 4.69) is 5.32 Å². The lowest BCUT2D eigenvalue weighted by molar-refractivity contribution is 0.108. The molecule has 3 nitrogen and oxygen atoms in total. The lowest BCUT2D eigenvalue weighted by Gasteiger charge is -2.05. The van der Waals surface area contributed by atoms with E-state index < -0.39 is 0 Å². The summed E-state index contributed by atoms with van der Waals surface area (Å²) >= 11 is 1.28. The van der Waals surface area contributed by atoms with Gasteiger partial charge in [0.1, 0.15) is 5.94 Å². The van der Waals surface area contributed by atoms with E-state index in [1.54, 1.807) is 12.1 Å². The quantitative estimate of drug-likeness (QED) is 0.789. The number of allylic oxidation sites excluding steroid dienone is 1. The van der Waals surface area contributed by atoms with Crippen molar-refractivity contribution in [2.75, 3.05) is 6.54 Å². The molecule has 1 heterocycles. The van der Waals surface area contributed by atoms with E-state index >= 15 is 0 Å². The number of carbonyl (C=O) groups is 1. The molecule has 2 rings (SSSR count). The second kappa shape index (κ2) is 5.01. The van der Waals surface area contributed by atoms with Crippen LogP contribution in [0.4, 0.5) is 0 Å². The minimum Gasteiger partial charge on any atom is -0.378 e. The summed E-state index contributed by atoms with van der Waals surface area (Å²) in [5, 5.41) is 3.13. The van der Waals surface area contributed by atoms with Crippen molar-refractivity contribution in [2.24, 2.45) is 0 Å².